The molecular weight excluding hydrogens is 302 g/mol. The number of para-hydroxylation sites is 1. The molecule has 0 aliphatic heterocycles. The number of furan rings is 1. The molecule has 4 nitrogen and oxygen atoms in total. The predicted molar refractivity (Wildman–Crippen MR) is 93.7 cm³/mol. The molecule has 0 radical (unpaired) electrons. The Bertz CT molecular complexity index is 814. The molecule has 0 bridgehead atoms. The molecule has 1 amide bonds. The van der Waals surface area contributed by atoms with Crippen LogP contribution in [-0.4, -0.2) is 11.7 Å². The van der Waals surface area contributed by atoms with Crippen molar-refractivity contribution in [2.75, 3.05) is 5.32 Å². The van der Waals surface area contributed by atoms with E-state index in [4.69, 9.17) is 4.42 Å². The molecule has 126 valence electrons. The molecule has 1 aliphatic rings. The second-order valence-electron chi connectivity index (χ2n) is 7.26. The van der Waals surface area contributed by atoms with Gasteiger partial charge in [-0.1, -0.05) is 39.0 Å². The van der Waals surface area contributed by atoms with Gasteiger partial charge in [0.1, 0.15) is 5.76 Å². The third-order valence-corrected chi connectivity index (χ3v) is 4.63. The number of amides is 1. The van der Waals surface area contributed by atoms with Crippen LogP contribution in [0.2, 0.25) is 0 Å². The van der Waals surface area contributed by atoms with E-state index in [-0.39, 0.29) is 22.9 Å². The van der Waals surface area contributed by atoms with Crippen LogP contribution in [0.1, 0.15) is 65.0 Å². The van der Waals surface area contributed by atoms with Gasteiger partial charge in [-0.2, -0.15) is 0 Å². The van der Waals surface area contributed by atoms with Crippen molar-refractivity contribution in [3.63, 3.8) is 0 Å². The lowest BCUT2D eigenvalue weighted by Gasteiger charge is -2.27. The molecule has 0 spiro atoms. The van der Waals surface area contributed by atoms with Crippen molar-refractivity contribution in [2.24, 2.45) is 5.41 Å². The molecule has 0 atom stereocenters. The first kappa shape index (κ1) is 16.5. The fraction of sp³-hybridized carbons (Fsp3) is 0.400. The summed E-state index contributed by atoms with van der Waals surface area (Å²) in [6, 6.07) is 7.71. The zero-order chi connectivity index (χ0) is 17.5. The summed E-state index contributed by atoms with van der Waals surface area (Å²) < 4.78 is 5.82. The lowest BCUT2D eigenvalue weighted by Crippen LogP contribution is -2.26. The molecule has 0 saturated carbocycles. The monoisotopic (exact) mass is 325 g/mol. The fourth-order valence-corrected chi connectivity index (χ4v) is 3.43. The number of Topliss-reactive ketones (excluding diaryl/α,β-unsaturated/α-hetero) is 1. The number of aryl methyl sites for hydroxylation is 1. The summed E-state index contributed by atoms with van der Waals surface area (Å²) in [5.41, 5.74) is 2.97. The molecule has 1 aromatic carbocycles. The van der Waals surface area contributed by atoms with E-state index < -0.39 is 0 Å². The highest BCUT2D eigenvalue weighted by Gasteiger charge is 2.37. The van der Waals surface area contributed by atoms with Gasteiger partial charge in [-0.15, -0.1) is 0 Å². The van der Waals surface area contributed by atoms with Gasteiger partial charge in [-0.05, 0) is 30.4 Å². The number of nitrogens with one attached hydrogen (secondary N) is 1. The van der Waals surface area contributed by atoms with Gasteiger partial charge in [-0.3, -0.25) is 9.59 Å². The first-order valence-electron chi connectivity index (χ1n) is 8.37. The normalized spacial score (nSPS) is 15.9. The van der Waals surface area contributed by atoms with Crippen LogP contribution in [0.5, 0.6) is 0 Å². The van der Waals surface area contributed by atoms with Gasteiger partial charge in [-0.25, -0.2) is 0 Å². The van der Waals surface area contributed by atoms with Crippen LogP contribution in [0.4, 0.5) is 5.69 Å². The van der Waals surface area contributed by atoms with Crippen molar-refractivity contribution in [2.45, 2.75) is 47.0 Å². The average Bonchev–Trinajstić information content (AvgIpc) is 2.83. The van der Waals surface area contributed by atoms with Crippen molar-refractivity contribution in [1.29, 1.82) is 0 Å². The van der Waals surface area contributed by atoms with E-state index in [1.54, 1.807) is 6.92 Å². The van der Waals surface area contributed by atoms with E-state index in [0.29, 0.717) is 29.7 Å². The minimum absolute atomic E-state index is 0.0653. The first-order valence-corrected chi connectivity index (χ1v) is 8.37. The molecule has 1 heterocycles. The number of fused-ring (bicyclic) bond motifs is 1. The molecule has 0 saturated heterocycles. The number of anilines is 1. The number of carbonyl (C=O) groups is 2. The summed E-state index contributed by atoms with van der Waals surface area (Å²) in [7, 11) is 0. The molecule has 24 heavy (non-hydrogen) atoms. The summed E-state index contributed by atoms with van der Waals surface area (Å²) in [5.74, 6) is 0.656. The fourth-order valence-electron chi connectivity index (χ4n) is 3.43. The number of hydrogen-bond acceptors (Lipinski definition) is 3. The van der Waals surface area contributed by atoms with Crippen molar-refractivity contribution < 1.29 is 14.0 Å². The van der Waals surface area contributed by atoms with Crippen molar-refractivity contribution in [1.82, 2.24) is 0 Å². The lowest BCUT2D eigenvalue weighted by atomic mass is 9.76. The van der Waals surface area contributed by atoms with Crippen LogP contribution in [0, 0.1) is 12.3 Å². The first-order chi connectivity index (χ1) is 11.3. The SMILES string of the molecule is CCc1ccccc1NC(=O)c1oc2c(c1C)C(=O)CC(C)(C)C2. The number of carbonyl (C=O) groups excluding carboxylic acids is 2. The summed E-state index contributed by atoms with van der Waals surface area (Å²) >= 11 is 0. The molecule has 1 N–H and O–H groups in total. The molecule has 0 unspecified atom stereocenters. The highest BCUT2D eigenvalue weighted by atomic mass is 16.4. The zero-order valence-electron chi connectivity index (χ0n) is 14.7. The third kappa shape index (κ3) is 2.88. The molecular formula is C20H23NO3. The van der Waals surface area contributed by atoms with Crippen LogP contribution >= 0.6 is 0 Å². The van der Waals surface area contributed by atoms with E-state index >= 15 is 0 Å². The van der Waals surface area contributed by atoms with Crippen molar-refractivity contribution in [3.05, 3.63) is 52.5 Å². The van der Waals surface area contributed by atoms with Gasteiger partial charge in [0.15, 0.2) is 11.5 Å². The summed E-state index contributed by atoms with van der Waals surface area (Å²) in [4.78, 5) is 25.1. The molecule has 1 aromatic heterocycles. The van der Waals surface area contributed by atoms with Gasteiger partial charge < -0.3 is 9.73 Å². The Labute approximate surface area is 142 Å². The predicted octanol–water partition coefficient (Wildman–Crippen LogP) is 4.56. The lowest BCUT2D eigenvalue weighted by molar-refractivity contribution is 0.0898. The highest BCUT2D eigenvalue weighted by Crippen LogP contribution is 2.38. The van der Waals surface area contributed by atoms with Gasteiger partial charge in [0.05, 0.1) is 5.56 Å². The second-order valence-corrected chi connectivity index (χ2v) is 7.26. The minimum atomic E-state index is -0.298. The quantitative estimate of drug-likeness (QED) is 0.900. The van der Waals surface area contributed by atoms with Crippen molar-refractivity contribution in [3.8, 4) is 0 Å². The Morgan fingerprint density at radius 3 is 2.67 bits per heavy atom. The van der Waals surface area contributed by atoms with Crippen LogP contribution in [-0.2, 0) is 12.8 Å². The topological polar surface area (TPSA) is 59.3 Å². The summed E-state index contributed by atoms with van der Waals surface area (Å²) in [6.07, 6.45) is 1.99. The zero-order valence-corrected chi connectivity index (χ0v) is 14.7. The van der Waals surface area contributed by atoms with Crippen LogP contribution in [0.25, 0.3) is 0 Å². The average molecular weight is 325 g/mol. The maximum atomic E-state index is 12.7. The maximum absolute atomic E-state index is 12.7. The number of benzene rings is 1. The van der Waals surface area contributed by atoms with Crippen molar-refractivity contribution >= 4 is 17.4 Å². The smallest absolute Gasteiger partial charge is 0.291 e. The Morgan fingerprint density at radius 2 is 1.96 bits per heavy atom. The minimum Gasteiger partial charge on any atom is -0.455 e. The molecule has 1 aliphatic carbocycles. The van der Waals surface area contributed by atoms with Gasteiger partial charge in [0, 0.05) is 24.1 Å². The third-order valence-electron chi connectivity index (χ3n) is 4.63. The molecule has 0 fully saturated rings. The number of ketones is 1. The van der Waals surface area contributed by atoms with Gasteiger partial charge in [0.2, 0.25) is 0 Å². The maximum Gasteiger partial charge on any atom is 0.291 e. The van der Waals surface area contributed by atoms with E-state index in [1.807, 2.05) is 45.0 Å². The van der Waals surface area contributed by atoms with E-state index in [1.165, 1.54) is 0 Å². The second kappa shape index (κ2) is 5.93. The molecule has 2 aromatic rings. The Hall–Kier alpha value is -2.36. The van der Waals surface area contributed by atoms with Gasteiger partial charge >= 0.3 is 0 Å². The summed E-state index contributed by atoms with van der Waals surface area (Å²) in [6.45, 7) is 7.92. The van der Waals surface area contributed by atoms with Crippen LogP contribution < -0.4 is 5.32 Å². The number of rotatable bonds is 3. The largest absolute Gasteiger partial charge is 0.455 e. The number of hydrogen-bond donors (Lipinski definition) is 1. The Balaban J connectivity index is 1.94. The van der Waals surface area contributed by atoms with E-state index in [0.717, 1.165) is 17.7 Å². The van der Waals surface area contributed by atoms with Crippen LogP contribution in [0.3, 0.4) is 0 Å². The molecule has 4 heteroatoms. The van der Waals surface area contributed by atoms with Gasteiger partial charge in [0.25, 0.3) is 5.91 Å². The highest BCUT2D eigenvalue weighted by molar-refractivity contribution is 6.08. The van der Waals surface area contributed by atoms with E-state index in [9.17, 15) is 9.59 Å². The Morgan fingerprint density at radius 1 is 1.25 bits per heavy atom. The molecule has 3 rings (SSSR count). The summed E-state index contributed by atoms with van der Waals surface area (Å²) in [5, 5.41) is 2.92. The standard InChI is InChI=1S/C20H23NO3/c1-5-13-8-6-7-9-14(13)21-19(23)18-12(2)17-15(22)10-20(3,4)11-16(17)24-18/h6-9H,5,10-11H2,1-4H3,(H,21,23). The van der Waals surface area contributed by atoms with Crippen LogP contribution in [0.15, 0.2) is 28.7 Å². The van der Waals surface area contributed by atoms with E-state index in [2.05, 4.69) is 5.32 Å². The Kier molecular flexibility index (Phi) is 4.08.